The van der Waals surface area contributed by atoms with E-state index < -0.39 is 0 Å². The number of carbonyl (C=O) groups is 1. The number of carbonyl (C=O) groups excluding carboxylic acids is 1. The zero-order valence-electron chi connectivity index (χ0n) is 12.7. The highest BCUT2D eigenvalue weighted by atomic mass is 16.2. The molecule has 114 valence electrons. The highest BCUT2D eigenvalue weighted by Crippen LogP contribution is 2.29. The van der Waals surface area contributed by atoms with Crippen LogP contribution in [0.4, 0.5) is 11.4 Å². The van der Waals surface area contributed by atoms with E-state index in [2.05, 4.69) is 22.9 Å². The van der Waals surface area contributed by atoms with E-state index in [4.69, 9.17) is 5.73 Å². The molecule has 0 radical (unpaired) electrons. The predicted molar refractivity (Wildman–Crippen MR) is 85.5 cm³/mol. The van der Waals surface area contributed by atoms with Crippen LogP contribution in [0.25, 0.3) is 0 Å². The first-order valence-electron chi connectivity index (χ1n) is 7.73. The van der Waals surface area contributed by atoms with E-state index in [1.54, 1.807) is 0 Å². The fourth-order valence-electron chi connectivity index (χ4n) is 3.15. The van der Waals surface area contributed by atoms with Gasteiger partial charge in [-0.3, -0.25) is 4.79 Å². The number of nitrogens with two attached hydrogens (primary N) is 1. The van der Waals surface area contributed by atoms with Crippen molar-refractivity contribution in [2.45, 2.75) is 12.8 Å². The molecule has 0 aliphatic carbocycles. The number of amides is 1. The fourth-order valence-corrected chi connectivity index (χ4v) is 3.15. The number of aryl methyl sites for hydroxylation is 1. The number of benzene rings is 1. The molecule has 0 aromatic heterocycles. The van der Waals surface area contributed by atoms with Crippen LogP contribution in [0.5, 0.6) is 0 Å². The Hall–Kier alpha value is -1.75. The van der Waals surface area contributed by atoms with E-state index in [1.807, 2.05) is 17.0 Å². The average molecular weight is 288 g/mol. The van der Waals surface area contributed by atoms with Crippen molar-refractivity contribution >= 4 is 17.3 Å². The van der Waals surface area contributed by atoms with Crippen LogP contribution in [0.15, 0.2) is 18.2 Å². The van der Waals surface area contributed by atoms with Crippen LogP contribution in [0.3, 0.4) is 0 Å². The summed E-state index contributed by atoms with van der Waals surface area (Å²) in [4.78, 5) is 18.9. The zero-order chi connectivity index (χ0) is 14.8. The second-order valence-corrected chi connectivity index (χ2v) is 6.10. The lowest BCUT2D eigenvalue weighted by molar-refractivity contribution is -0.131. The van der Waals surface area contributed by atoms with E-state index in [-0.39, 0.29) is 5.91 Å². The van der Waals surface area contributed by atoms with Crippen LogP contribution in [0, 0.1) is 0 Å². The van der Waals surface area contributed by atoms with Gasteiger partial charge < -0.3 is 20.4 Å². The third-order valence-corrected chi connectivity index (χ3v) is 4.51. The van der Waals surface area contributed by atoms with Gasteiger partial charge in [-0.1, -0.05) is 6.07 Å². The molecule has 0 unspecified atom stereocenters. The number of hydrogen-bond acceptors (Lipinski definition) is 4. The summed E-state index contributed by atoms with van der Waals surface area (Å²) in [5, 5.41) is 0. The second kappa shape index (κ2) is 5.93. The highest BCUT2D eigenvalue weighted by molar-refractivity contribution is 5.82. The summed E-state index contributed by atoms with van der Waals surface area (Å²) in [6.07, 6.45) is 2.18. The average Bonchev–Trinajstić information content (AvgIpc) is 2.48. The van der Waals surface area contributed by atoms with Crippen LogP contribution in [0.2, 0.25) is 0 Å². The maximum atomic E-state index is 12.5. The normalized spacial score (nSPS) is 19.5. The summed E-state index contributed by atoms with van der Waals surface area (Å²) in [7, 11) is 2.10. The second-order valence-electron chi connectivity index (χ2n) is 6.10. The van der Waals surface area contributed by atoms with Gasteiger partial charge in [-0.15, -0.1) is 0 Å². The largest absolute Gasteiger partial charge is 0.399 e. The SMILES string of the molecule is CN1CCN(C(=O)CN2CCCc3ccc(N)cc32)CC1. The summed E-state index contributed by atoms with van der Waals surface area (Å²) < 4.78 is 0. The van der Waals surface area contributed by atoms with E-state index in [0.717, 1.165) is 56.9 Å². The fraction of sp³-hybridized carbons (Fsp3) is 0.562. The number of likely N-dealkylation sites (N-methyl/N-ethyl adjacent to an activating group) is 1. The predicted octanol–water partition coefficient (Wildman–Crippen LogP) is 0.795. The molecule has 1 fully saturated rings. The van der Waals surface area contributed by atoms with E-state index >= 15 is 0 Å². The molecule has 21 heavy (non-hydrogen) atoms. The molecule has 3 rings (SSSR count). The first-order valence-corrected chi connectivity index (χ1v) is 7.73. The number of nitrogen functional groups attached to an aromatic ring is 1. The summed E-state index contributed by atoms with van der Waals surface area (Å²) in [5.41, 5.74) is 9.13. The van der Waals surface area contributed by atoms with Crippen molar-refractivity contribution in [2.75, 3.05) is 56.9 Å². The summed E-state index contributed by atoms with van der Waals surface area (Å²) in [5.74, 6) is 0.235. The number of piperazine rings is 1. The van der Waals surface area contributed by atoms with E-state index in [1.165, 1.54) is 5.56 Å². The monoisotopic (exact) mass is 288 g/mol. The maximum absolute atomic E-state index is 12.5. The lowest BCUT2D eigenvalue weighted by Crippen LogP contribution is -2.50. The molecule has 5 nitrogen and oxygen atoms in total. The molecule has 0 saturated carbocycles. The molecule has 2 aliphatic rings. The Kier molecular flexibility index (Phi) is 4.01. The van der Waals surface area contributed by atoms with Crippen molar-refractivity contribution in [2.24, 2.45) is 0 Å². The maximum Gasteiger partial charge on any atom is 0.242 e. The lowest BCUT2D eigenvalue weighted by Gasteiger charge is -2.36. The zero-order valence-corrected chi connectivity index (χ0v) is 12.7. The minimum absolute atomic E-state index is 0.235. The Balaban J connectivity index is 1.68. The Morgan fingerprint density at radius 1 is 1.19 bits per heavy atom. The van der Waals surface area contributed by atoms with Gasteiger partial charge in [-0.2, -0.15) is 0 Å². The molecule has 5 heteroatoms. The van der Waals surface area contributed by atoms with Crippen molar-refractivity contribution in [3.8, 4) is 0 Å². The molecule has 0 bridgehead atoms. The molecule has 1 saturated heterocycles. The first kappa shape index (κ1) is 14.2. The Bertz CT molecular complexity index is 523. The van der Waals surface area contributed by atoms with Crippen LogP contribution in [0.1, 0.15) is 12.0 Å². The van der Waals surface area contributed by atoms with Crippen molar-refractivity contribution in [3.05, 3.63) is 23.8 Å². The molecular weight excluding hydrogens is 264 g/mol. The van der Waals surface area contributed by atoms with Crippen LogP contribution in [-0.2, 0) is 11.2 Å². The Labute approximate surface area is 126 Å². The minimum Gasteiger partial charge on any atom is -0.399 e. The molecule has 2 aliphatic heterocycles. The van der Waals surface area contributed by atoms with Gasteiger partial charge in [-0.05, 0) is 37.6 Å². The van der Waals surface area contributed by atoms with Gasteiger partial charge in [0.1, 0.15) is 0 Å². The Morgan fingerprint density at radius 2 is 1.95 bits per heavy atom. The summed E-state index contributed by atoms with van der Waals surface area (Å²) in [6.45, 7) is 5.03. The van der Waals surface area contributed by atoms with Crippen molar-refractivity contribution < 1.29 is 4.79 Å². The standard InChI is InChI=1S/C16H24N4O/c1-18-7-9-19(10-8-18)16(21)12-20-6-2-3-13-4-5-14(17)11-15(13)20/h4-5,11H,2-3,6-10,12,17H2,1H3. The van der Waals surface area contributed by atoms with Gasteiger partial charge in [0.05, 0.1) is 6.54 Å². The topological polar surface area (TPSA) is 52.8 Å². The number of fused-ring (bicyclic) bond motifs is 1. The smallest absolute Gasteiger partial charge is 0.242 e. The van der Waals surface area contributed by atoms with Crippen LogP contribution >= 0.6 is 0 Å². The number of rotatable bonds is 2. The molecule has 0 spiro atoms. The van der Waals surface area contributed by atoms with Gasteiger partial charge in [-0.25, -0.2) is 0 Å². The molecule has 2 N–H and O–H groups in total. The quantitative estimate of drug-likeness (QED) is 0.818. The molecule has 1 aromatic rings. The minimum atomic E-state index is 0.235. The molecule has 0 atom stereocenters. The van der Waals surface area contributed by atoms with E-state index in [9.17, 15) is 4.79 Å². The molecule has 2 heterocycles. The van der Waals surface area contributed by atoms with Crippen molar-refractivity contribution in [1.29, 1.82) is 0 Å². The summed E-state index contributed by atoms with van der Waals surface area (Å²) in [6, 6.07) is 6.05. The third kappa shape index (κ3) is 3.13. The van der Waals surface area contributed by atoms with E-state index in [0.29, 0.717) is 6.54 Å². The number of anilines is 2. The molecule has 1 amide bonds. The summed E-state index contributed by atoms with van der Waals surface area (Å²) >= 11 is 0. The Morgan fingerprint density at radius 3 is 2.71 bits per heavy atom. The lowest BCUT2D eigenvalue weighted by atomic mass is 10.0. The van der Waals surface area contributed by atoms with Crippen LogP contribution < -0.4 is 10.6 Å². The van der Waals surface area contributed by atoms with Crippen molar-refractivity contribution in [3.63, 3.8) is 0 Å². The first-order chi connectivity index (χ1) is 10.1. The number of hydrogen-bond donors (Lipinski definition) is 1. The van der Waals surface area contributed by atoms with Gasteiger partial charge in [0.15, 0.2) is 0 Å². The van der Waals surface area contributed by atoms with Gasteiger partial charge >= 0.3 is 0 Å². The molecular formula is C16H24N4O. The van der Waals surface area contributed by atoms with Crippen LogP contribution in [-0.4, -0.2) is 62.0 Å². The highest BCUT2D eigenvalue weighted by Gasteiger charge is 2.24. The van der Waals surface area contributed by atoms with Crippen molar-refractivity contribution in [1.82, 2.24) is 9.80 Å². The van der Waals surface area contributed by atoms with Gasteiger partial charge in [0.2, 0.25) is 5.91 Å². The number of nitrogens with zero attached hydrogens (tertiary/aromatic N) is 3. The third-order valence-electron chi connectivity index (χ3n) is 4.51. The van der Waals surface area contributed by atoms with Gasteiger partial charge in [0, 0.05) is 44.1 Å². The molecule has 1 aromatic carbocycles. The van der Waals surface area contributed by atoms with Gasteiger partial charge in [0.25, 0.3) is 0 Å².